The second-order valence-corrected chi connectivity index (χ2v) is 8.89. The third kappa shape index (κ3) is 6.31. The Morgan fingerprint density at radius 1 is 1.24 bits per heavy atom. The van der Waals surface area contributed by atoms with Gasteiger partial charge in [0.25, 0.3) is 0 Å². The number of benzene rings is 2. The number of hydrogen-bond acceptors (Lipinski definition) is 4. The summed E-state index contributed by atoms with van der Waals surface area (Å²) in [6.07, 6.45) is -2.72. The van der Waals surface area contributed by atoms with Crippen molar-refractivity contribution >= 4 is 40.4 Å². The average molecular weight is 515 g/mol. The highest BCUT2D eigenvalue weighted by molar-refractivity contribution is 6.35. The Morgan fingerprint density at radius 2 is 1.91 bits per heavy atom. The normalized spacial score (nSPS) is 17.4. The average Bonchev–Trinajstić information content (AvgIpc) is 3.14. The van der Waals surface area contributed by atoms with E-state index in [9.17, 15) is 23.2 Å². The van der Waals surface area contributed by atoms with Crippen molar-refractivity contribution in [3.05, 3.63) is 74.8 Å². The molecule has 0 spiro atoms. The number of carbonyl (C=O) groups is 1. The number of nitrogens with one attached hydrogen (secondary N) is 1. The summed E-state index contributed by atoms with van der Waals surface area (Å²) in [5.41, 5.74) is 0.462. The van der Waals surface area contributed by atoms with E-state index in [4.69, 9.17) is 27.9 Å². The number of alkyl halides is 3. The Balaban J connectivity index is 1.90. The molecule has 10 heteroatoms. The number of allylic oxidation sites excluding steroid dienone is 2. The first-order chi connectivity index (χ1) is 16.0. The predicted octanol–water partition coefficient (Wildman–Crippen LogP) is 6.35. The van der Waals surface area contributed by atoms with Gasteiger partial charge in [-0.15, -0.1) is 0 Å². The van der Waals surface area contributed by atoms with Crippen LogP contribution in [0.3, 0.4) is 0 Å². The van der Waals surface area contributed by atoms with E-state index in [0.717, 1.165) is 29.3 Å². The molecule has 0 saturated carbocycles. The molecule has 1 aliphatic carbocycles. The van der Waals surface area contributed by atoms with Crippen LogP contribution in [0.2, 0.25) is 10.0 Å². The van der Waals surface area contributed by atoms with Crippen LogP contribution in [0.25, 0.3) is 5.57 Å². The summed E-state index contributed by atoms with van der Waals surface area (Å²) in [5, 5.41) is 15.7. The summed E-state index contributed by atoms with van der Waals surface area (Å²) in [4.78, 5) is 12.2. The molecule has 0 aromatic heterocycles. The zero-order valence-corrected chi connectivity index (χ0v) is 19.9. The van der Waals surface area contributed by atoms with Crippen molar-refractivity contribution in [2.24, 2.45) is 5.16 Å². The second-order valence-electron chi connectivity index (χ2n) is 8.02. The molecule has 1 aliphatic rings. The van der Waals surface area contributed by atoms with Gasteiger partial charge in [-0.1, -0.05) is 40.5 Å². The molecule has 2 atom stereocenters. The molecule has 1 amide bonds. The number of aryl methyl sites for hydroxylation is 1. The standard InChI is InChI=1S/C24H23Cl2F3N2O3/c1-13(34-2)7-23(32)30-21-6-4-14-8-15(3-5-19(14)21)22(31-33)12-20(24(27,28)29)16-9-17(25)11-18(26)10-16/h3,5,8-13,21,33H,4,6-7H2,1-2H3,(H,30,32)/b20-12-,31-22-. The van der Waals surface area contributed by atoms with Crippen LogP contribution in [-0.4, -0.2) is 36.2 Å². The Morgan fingerprint density at radius 3 is 2.50 bits per heavy atom. The van der Waals surface area contributed by atoms with Crippen molar-refractivity contribution in [1.29, 1.82) is 0 Å². The Labute approximate surface area is 205 Å². The van der Waals surface area contributed by atoms with E-state index in [1.165, 1.54) is 13.2 Å². The van der Waals surface area contributed by atoms with Crippen LogP contribution < -0.4 is 5.32 Å². The largest absolute Gasteiger partial charge is 0.417 e. The Bertz CT molecular complexity index is 1110. The highest BCUT2D eigenvalue weighted by atomic mass is 35.5. The molecule has 0 aliphatic heterocycles. The van der Waals surface area contributed by atoms with Crippen molar-refractivity contribution in [3.63, 3.8) is 0 Å². The van der Waals surface area contributed by atoms with Crippen molar-refractivity contribution in [1.82, 2.24) is 5.32 Å². The highest BCUT2D eigenvalue weighted by Crippen LogP contribution is 2.37. The lowest BCUT2D eigenvalue weighted by Crippen LogP contribution is -2.30. The minimum Gasteiger partial charge on any atom is -0.410 e. The van der Waals surface area contributed by atoms with Gasteiger partial charge in [0.2, 0.25) is 5.91 Å². The zero-order chi connectivity index (χ0) is 25.0. The van der Waals surface area contributed by atoms with E-state index in [0.29, 0.717) is 18.4 Å². The first-order valence-corrected chi connectivity index (χ1v) is 11.2. The van der Waals surface area contributed by atoms with Crippen LogP contribution in [-0.2, 0) is 16.0 Å². The molecule has 5 nitrogen and oxygen atoms in total. The van der Waals surface area contributed by atoms with Crippen molar-refractivity contribution in [2.75, 3.05) is 7.11 Å². The van der Waals surface area contributed by atoms with Crippen LogP contribution in [0.15, 0.2) is 47.6 Å². The summed E-state index contributed by atoms with van der Waals surface area (Å²) >= 11 is 11.8. The molecule has 2 N–H and O–H groups in total. The van der Waals surface area contributed by atoms with Gasteiger partial charge in [-0.3, -0.25) is 4.79 Å². The van der Waals surface area contributed by atoms with Gasteiger partial charge in [-0.2, -0.15) is 13.2 Å². The molecule has 0 fully saturated rings. The topological polar surface area (TPSA) is 70.9 Å². The van der Waals surface area contributed by atoms with E-state index in [1.807, 2.05) is 0 Å². The number of nitrogens with zero attached hydrogens (tertiary/aromatic N) is 1. The second kappa shape index (κ2) is 10.8. The van der Waals surface area contributed by atoms with Gasteiger partial charge >= 0.3 is 6.18 Å². The van der Waals surface area contributed by atoms with Crippen molar-refractivity contribution in [2.45, 2.75) is 44.5 Å². The number of amides is 1. The van der Waals surface area contributed by atoms with Crippen LogP contribution in [0.5, 0.6) is 0 Å². The van der Waals surface area contributed by atoms with Gasteiger partial charge in [0, 0.05) is 22.7 Å². The number of ether oxygens (including phenoxy) is 1. The van der Waals surface area contributed by atoms with Gasteiger partial charge < -0.3 is 15.3 Å². The fourth-order valence-electron chi connectivity index (χ4n) is 3.87. The lowest BCUT2D eigenvalue weighted by atomic mass is 9.98. The van der Waals surface area contributed by atoms with Gasteiger partial charge in [-0.05, 0) is 66.8 Å². The van der Waals surface area contributed by atoms with Crippen LogP contribution in [0.4, 0.5) is 13.2 Å². The number of hydrogen-bond donors (Lipinski definition) is 2. The van der Waals surface area contributed by atoms with Gasteiger partial charge in [0.05, 0.1) is 24.1 Å². The molecule has 182 valence electrons. The van der Waals surface area contributed by atoms with Gasteiger partial charge in [0.1, 0.15) is 5.71 Å². The van der Waals surface area contributed by atoms with E-state index < -0.39 is 11.7 Å². The number of rotatable bonds is 7. The fourth-order valence-corrected chi connectivity index (χ4v) is 4.40. The fraction of sp³-hybridized carbons (Fsp3) is 0.333. The molecule has 0 heterocycles. The smallest absolute Gasteiger partial charge is 0.410 e. The maximum absolute atomic E-state index is 13.8. The van der Waals surface area contributed by atoms with Gasteiger partial charge in [-0.25, -0.2) is 0 Å². The van der Waals surface area contributed by atoms with E-state index in [2.05, 4.69) is 10.5 Å². The monoisotopic (exact) mass is 514 g/mol. The molecule has 2 aromatic rings. The molecule has 2 aromatic carbocycles. The first kappa shape index (κ1) is 26.1. The summed E-state index contributed by atoms with van der Waals surface area (Å²) in [6.45, 7) is 1.80. The molecule has 0 bridgehead atoms. The molecule has 0 radical (unpaired) electrons. The first-order valence-electron chi connectivity index (χ1n) is 10.4. The third-order valence-electron chi connectivity index (χ3n) is 5.59. The van der Waals surface area contributed by atoms with Crippen LogP contribution in [0, 0.1) is 0 Å². The Kier molecular flexibility index (Phi) is 8.28. The summed E-state index contributed by atoms with van der Waals surface area (Å²) in [5.74, 6) is -0.146. The summed E-state index contributed by atoms with van der Waals surface area (Å²) in [7, 11) is 1.53. The quantitative estimate of drug-likeness (QED) is 0.257. The SMILES string of the molecule is COC(C)CC(=O)NC1CCc2cc(C(/C=C(/c3cc(Cl)cc(Cl)c3)C(F)(F)F)=N\O)ccc21. The van der Waals surface area contributed by atoms with Crippen molar-refractivity contribution < 1.29 is 27.9 Å². The molecule has 0 saturated heterocycles. The zero-order valence-electron chi connectivity index (χ0n) is 18.4. The maximum atomic E-state index is 13.8. The van der Waals surface area contributed by atoms with E-state index in [-0.39, 0.29) is 45.8 Å². The molecular weight excluding hydrogens is 492 g/mol. The number of fused-ring (bicyclic) bond motifs is 1. The maximum Gasteiger partial charge on any atom is 0.417 e. The Hall–Kier alpha value is -2.55. The lowest BCUT2D eigenvalue weighted by Gasteiger charge is -2.16. The minimum atomic E-state index is -4.75. The number of methoxy groups -OCH3 is 1. The summed E-state index contributed by atoms with van der Waals surface area (Å²) in [6, 6.07) is 8.36. The number of halogens is 5. The van der Waals surface area contributed by atoms with Crippen LogP contribution >= 0.6 is 23.2 Å². The number of oxime groups is 1. The third-order valence-corrected chi connectivity index (χ3v) is 6.03. The minimum absolute atomic E-state index is 0.0469. The molecular formula is C24H23Cl2F3N2O3. The van der Waals surface area contributed by atoms with Gasteiger partial charge in [0.15, 0.2) is 0 Å². The van der Waals surface area contributed by atoms with E-state index >= 15 is 0 Å². The summed E-state index contributed by atoms with van der Waals surface area (Å²) < 4.78 is 46.7. The van der Waals surface area contributed by atoms with Crippen molar-refractivity contribution in [3.8, 4) is 0 Å². The predicted molar refractivity (Wildman–Crippen MR) is 126 cm³/mol. The highest BCUT2D eigenvalue weighted by Gasteiger charge is 2.35. The lowest BCUT2D eigenvalue weighted by molar-refractivity contribution is -0.124. The molecule has 34 heavy (non-hydrogen) atoms. The van der Waals surface area contributed by atoms with E-state index in [1.54, 1.807) is 25.1 Å². The molecule has 2 unspecified atom stereocenters. The number of carbonyl (C=O) groups excluding carboxylic acids is 1. The molecule has 3 rings (SSSR count). The van der Waals surface area contributed by atoms with Crippen LogP contribution in [0.1, 0.15) is 48.1 Å².